The van der Waals surface area contributed by atoms with Gasteiger partial charge in [0.2, 0.25) is 5.91 Å². The van der Waals surface area contributed by atoms with Crippen molar-refractivity contribution in [2.75, 3.05) is 5.32 Å². The zero-order valence-corrected chi connectivity index (χ0v) is 14.0. The molecule has 3 amide bonds. The van der Waals surface area contributed by atoms with Crippen molar-refractivity contribution in [2.24, 2.45) is 10.9 Å². The van der Waals surface area contributed by atoms with E-state index < -0.39 is 18.0 Å². The van der Waals surface area contributed by atoms with E-state index in [2.05, 4.69) is 30.8 Å². The van der Waals surface area contributed by atoms with Gasteiger partial charge in [0.1, 0.15) is 10.9 Å². The van der Waals surface area contributed by atoms with Crippen molar-refractivity contribution in [3.05, 3.63) is 41.0 Å². The van der Waals surface area contributed by atoms with Crippen LogP contribution in [0.5, 0.6) is 0 Å². The first-order valence-corrected chi connectivity index (χ1v) is 8.49. The highest BCUT2D eigenvalue weighted by molar-refractivity contribution is 7.09. The first-order chi connectivity index (χ1) is 12.1. The van der Waals surface area contributed by atoms with Crippen LogP contribution in [0.25, 0.3) is 10.9 Å². The molecule has 0 bridgehead atoms. The van der Waals surface area contributed by atoms with Gasteiger partial charge in [-0.05, 0) is 25.1 Å². The molecule has 1 aromatic carbocycles. The van der Waals surface area contributed by atoms with Crippen molar-refractivity contribution in [3.8, 4) is 0 Å². The van der Waals surface area contributed by atoms with Gasteiger partial charge in [0, 0.05) is 28.4 Å². The number of nitrogens with zero attached hydrogens (tertiary/aromatic N) is 3. The third-order valence-electron chi connectivity index (χ3n) is 4.05. The number of rotatable bonds is 3. The van der Waals surface area contributed by atoms with Crippen molar-refractivity contribution in [1.29, 1.82) is 0 Å². The number of fused-ring (bicyclic) bond motifs is 1. The second-order valence-corrected chi connectivity index (χ2v) is 6.62. The third kappa shape index (κ3) is 2.89. The van der Waals surface area contributed by atoms with E-state index in [0.717, 1.165) is 10.9 Å². The molecule has 3 N–H and O–H groups in total. The minimum absolute atomic E-state index is 0.246. The van der Waals surface area contributed by atoms with Crippen molar-refractivity contribution in [2.45, 2.75) is 13.0 Å². The Kier molecular flexibility index (Phi) is 3.77. The fraction of sp³-hybridized carbons (Fsp3) is 0.188. The molecule has 0 fully saturated rings. The number of carbonyl (C=O) groups excluding carboxylic acids is 2. The second kappa shape index (κ2) is 6.10. The Balaban J connectivity index is 1.63. The van der Waals surface area contributed by atoms with Gasteiger partial charge in [-0.3, -0.25) is 9.89 Å². The smallest absolute Gasteiger partial charge is 0.326 e. The molecule has 0 radical (unpaired) electrons. The lowest BCUT2D eigenvalue weighted by atomic mass is 9.92. The summed E-state index contributed by atoms with van der Waals surface area (Å²) in [6.45, 7) is 1.68. The molecule has 2 aromatic heterocycles. The zero-order chi connectivity index (χ0) is 17.4. The highest BCUT2D eigenvalue weighted by atomic mass is 32.1. The molecule has 3 heterocycles. The minimum atomic E-state index is -0.621. The maximum absolute atomic E-state index is 12.9. The molecule has 2 unspecified atom stereocenters. The summed E-state index contributed by atoms with van der Waals surface area (Å²) in [7, 11) is 0. The van der Waals surface area contributed by atoms with Crippen LogP contribution in [0.3, 0.4) is 0 Å². The maximum Gasteiger partial charge on any atom is 0.341 e. The molecular formula is C16H14N6O2S. The zero-order valence-electron chi connectivity index (χ0n) is 13.2. The van der Waals surface area contributed by atoms with Crippen LogP contribution in [0.4, 0.5) is 10.5 Å². The molecule has 0 spiro atoms. The van der Waals surface area contributed by atoms with E-state index in [1.54, 1.807) is 25.4 Å². The standard InChI is InChI=1S/C16H14N6O2S/c1-8-12(13(21-16(24)19-8)15-17-4-5-25-15)14(23)20-10-2-3-11-9(6-10)7-18-22-11/h2-7,12-13H,1H3,(H,18,22)(H,20,23)(H,21,24). The minimum Gasteiger partial charge on any atom is -0.326 e. The van der Waals surface area contributed by atoms with Gasteiger partial charge in [-0.2, -0.15) is 5.10 Å². The Labute approximate surface area is 146 Å². The quantitative estimate of drug-likeness (QED) is 0.671. The predicted octanol–water partition coefficient (Wildman–Crippen LogP) is 2.50. The number of thiazole rings is 1. The maximum atomic E-state index is 12.9. The monoisotopic (exact) mass is 354 g/mol. The first kappa shape index (κ1) is 15.5. The van der Waals surface area contributed by atoms with Crippen LogP contribution in [-0.2, 0) is 4.79 Å². The summed E-state index contributed by atoms with van der Waals surface area (Å²) in [6.07, 6.45) is 3.34. The molecule has 0 aliphatic carbocycles. The summed E-state index contributed by atoms with van der Waals surface area (Å²) < 4.78 is 0. The number of amides is 3. The van der Waals surface area contributed by atoms with Crippen LogP contribution in [0, 0.1) is 5.92 Å². The number of aromatic nitrogens is 3. The van der Waals surface area contributed by atoms with E-state index in [4.69, 9.17) is 0 Å². The van der Waals surface area contributed by atoms with E-state index in [1.807, 2.05) is 17.5 Å². The Morgan fingerprint density at radius 3 is 3.04 bits per heavy atom. The Hall–Kier alpha value is -3.07. The number of hydrogen-bond donors (Lipinski definition) is 3. The van der Waals surface area contributed by atoms with Crippen LogP contribution in [0.1, 0.15) is 18.0 Å². The van der Waals surface area contributed by atoms with Gasteiger partial charge in [0.25, 0.3) is 0 Å². The second-order valence-electron chi connectivity index (χ2n) is 5.69. The average molecular weight is 354 g/mol. The van der Waals surface area contributed by atoms with Gasteiger partial charge < -0.3 is 10.6 Å². The van der Waals surface area contributed by atoms with Crippen molar-refractivity contribution in [1.82, 2.24) is 20.5 Å². The molecule has 25 heavy (non-hydrogen) atoms. The molecule has 126 valence electrons. The molecule has 9 heteroatoms. The molecule has 3 aromatic rings. The lowest BCUT2D eigenvalue weighted by molar-refractivity contribution is -0.118. The summed E-state index contributed by atoms with van der Waals surface area (Å²) >= 11 is 1.39. The van der Waals surface area contributed by atoms with Gasteiger partial charge in [-0.15, -0.1) is 11.3 Å². The van der Waals surface area contributed by atoms with Gasteiger partial charge in [-0.1, -0.05) is 0 Å². The van der Waals surface area contributed by atoms with Crippen LogP contribution < -0.4 is 10.6 Å². The highest BCUT2D eigenvalue weighted by Gasteiger charge is 2.38. The predicted molar refractivity (Wildman–Crippen MR) is 94.7 cm³/mol. The number of nitrogens with one attached hydrogen (secondary N) is 3. The number of aliphatic imine (C=N–C) groups is 1. The number of anilines is 1. The topological polar surface area (TPSA) is 112 Å². The lowest BCUT2D eigenvalue weighted by Crippen LogP contribution is -2.45. The number of H-pyrrole nitrogens is 1. The largest absolute Gasteiger partial charge is 0.341 e. The van der Waals surface area contributed by atoms with Gasteiger partial charge in [0.15, 0.2) is 0 Å². The molecule has 2 atom stereocenters. The molecule has 8 nitrogen and oxygen atoms in total. The third-order valence-corrected chi connectivity index (χ3v) is 4.91. The van der Waals surface area contributed by atoms with Gasteiger partial charge in [-0.25, -0.2) is 14.8 Å². The van der Waals surface area contributed by atoms with Crippen LogP contribution >= 0.6 is 11.3 Å². The summed E-state index contributed by atoms with van der Waals surface area (Å²) in [5.41, 5.74) is 2.01. The highest BCUT2D eigenvalue weighted by Crippen LogP contribution is 2.29. The van der Waals surface area contributed by atoms with Gasteiger partial charge in [0.05, 0.1) is 17.8 Å². The Bertz CT molecular complexity index is 978. The Morgan fingerprint density at radius 2 is 2.24 bits per heavy atom. The van der Waals surface area contributed by atoms with E-state index in [1.165, 1.54) is 11.3 Å². The number of urea groups is 1. The van der Waals surface area contributed by atoms with E-state index in [0.29, 0.717) is 16.4 Å². The Morgan fingerprint density at radius 1 is 1.36 bits per heavy atom. The number of hydrogen-bond acceptors (Lipinski definition) is 5. The van der Waals surface area contributed by atoms with Crippen molar-refractivity contribution >= 4 is 45.6 Å². The molecule has 1 aliphatic heterocycles. The van der Waals surface area contributed by atoms with Crippen molar-refractivity contribution < 1.29 is 9.59 Å². The first-order valence-electron chi connectivity index (χ1n) is 7.61. The fourth-order valence-corrected chi connectivity index (χ4v) is 3.62. The normalized spacial score (nSPS) is 20.2. The van der Waals surface area contributed by atoms with E-state index in [9.17, 15) is 9.59 Å². The van der Waals surface area contributed by atoms with Crippen LogP contribution in [0.2, 0.25) is 0 Å². The number of aromatic amines is 1. The molecule has 0 saturated carbocycles. The fourth-order valence-electron chi connectivity index (χ4n) is 2.89. The molecule has 1 aliphatic rings. The van der Waals surface area contributed by atoms with Crippen LogP contribution in [-0.4, -0.2) is 32.8 Å². The SMILES string of the molecule is CC1=NC(=O)NC(c2nccs2)C1C(=O)Nc1ccc2[nH]ncc2c1. The van der Waals surface area contributed by atoms with Crippen LogP contribution in [0.15, 0.2) is 41.0 Å². The van der Waals surface area contributed by atoms with Crippen molar-refractivity contribution in [3.63, 3.8) is 0 Å². The molecular weight excluding hydrogens is 340 g/mol. The molecule has 0 saturated heterocycles. The van der Waals surface area contributed by atoms with E-state index in [-0.39, 0.29) is 5.91 Å². The summed E-state index contributed by atoms with van der Waals surface area (Å²) in [5.74, 6) is -0.867. The number of benzene rings is 1. The van der Waals surface area contributed by atoms with Gasteiger partial charge >= 0.3 is 6.03 Å². The lowest BCUT2D eigenvalue weighted by Gasteiger charge is -2.28. The summed E-state index contributed by atoms with van der Waals surface area (Å²) in [4.78, 5) is 32.8. The average Bonchev–Trinajstić information content (AvgIpc) is 3.25. The summed E-state index contributed by atoms with van der Waals surface area (Å²) in [6, 6.07) is 4.50. The van der Waals surface area contributed by atoms with E-state index >= 15 is 0 Å². The number of carbonyl (C=O) groups is 2. The summed E-state index contributed by atoms with van der Waals surface area (Å²) in [5, 5.41) is 15.8. The molecule has 4 rings (SSSR count).